The van der Waals surface area contributed by atoms with E-state index in [9.17, 15) is 63.0 Å². The van der Waals surface area contributed by atoms with Crippen molar-refractivity contribution in [1.29, 1.82) is 0 Å². The molecule has 0 spiro atoms. The van der Waals surface area contributed by atoms with Gasteiger partial charge in [0.2, 0.25) is 65.0 Å². The molecule has 0 aliphatic carbocycles. The molecular weight excluding hydrogens is 987 g/mol. The summed E-state index contributed by atoms with van der Waals surface area (Å²) in [5, 5.41) is 46.0. The van der Waals surface area contributed by atoms with Crippen molar-refractivity contribution in [3.8, 4) is 0 Å². The van der Waals surface area contributed by atoms with Crippen molar-refractivity contribution >= 4 is 65.0 Å². The molecule has 12 N–H and O–H groups in total. The third-order valence-electron chi connectivity index (χ3n) is 12.9. The largest absolute Gasteiger partial charge is 0.394 e. The number of carbonyl (C=O) groups excluding carboxylic acids is 11. The molecule has 0 saturated carbocycles. The van der Waals surface area contributed by atoms with E-state index in [4.69, 9.17) is 0 Å². The zero-order chi connectivity index (χ0) is 58.8. The second kappa shape index (κ2) is 30.1. The molecule has 9 atom stereocenters. The highest BCUT2D eigenvalue weighted by molar-refractivity contribution is 6.00. The van der Waals surface area contributed by atoms with Gasteiger partial charge < -0.3 is 68.3 Å². The lowest BCUT2D eigenvalue weighted by Crippen LogP contribution is -2.64. The first-order chi connectivity index (χ1) is 34.9. The molecule has 0 unspecified atom stereocenters. The number of carbonyl (C=O) groups is 11. The van der Waals surface area contributed by atoms with Crippen LogP contribution < -0.4 is 53.2 Å². The van der Waals surface area contributed by atoms with Gasteiger partial charge in [-0.1, -0.05) is 61.8 Å². The summed E-state index contributed by atoms with van der Waals surface area (Å²) < 4.78 is 0. The van der Waals surface area contributed by atoms with Gasteiger partial charge in [-0.3, -0.25) is 52.7 Å². The molecule has 1 aliphatic rings. The lowest BCUT2D eigenvalue weighted by Gasteiger charge is -2.36. The van der Waals surface area contributed by atoms with E-state index in [2.05, 4.69) is 53.2 Å². The fourth-order valence-electron chi connectivity index (χ4n) is 8.38. The molecule has 0 aromatic rings. The number of aliphatic hydroxyl groups excluding tert-OH is 2. The van der Waals surface area contributed by atoms with Gasteiger partial charge in [-0.25, -0.2) is 0 Å². The van der Waals surface area contributed by atoms with E-state index in [0.29, 0.717) is 25.7 Å². The first-order valence-electron chi connectivity index (χ1n) is 26.5. The highest BCUT2D eigenvalue weighted by Crippen LogP contribution is 2.23. The Morgan fingerprint density at radius 2 is 1.08 bits per heavy atom. The van der Waals surface area contributed by atoms with Crippen LogP contribution in [0.1, 0.15) is 156 Å². The maximum absolute atomic E-state index is 14.3. The predicted octanol–water partition coefficient (Wildman–Crippen LogP) is -0.716. The molecule has 76 heavy (non-hydrogen) atoms. The van der Waals surface area contributed by atoms with Crippen LogP contribution in [0.25, 0.3) is 0 Å². The van der Waals surface area contributed by atoms with Crippen LogP contribution in [-0.2, 0) is 52.7 Å². The number of likely N-dealkylation sites (tertiary alicyclic amines) is 1. The van der Waals surface area contributed by atoms with Gasteiger partial charge in [0.1, 0.15) is 52.9 Å². The van der Waals surface area contributed by atoms with E-state index in [-0.39, 0.29) is 43.7 Å². The van der Waals surface area contributed by atoms with Crippen LogP contribution >= 0.6 is 0 Å². The lowest BCUT2D eigenvalue weighted by molar-refractivity contribution is -0.146. The van der Waals surface area contributed by atoms with E-state index in [0.717, 1.165) is 0 Å². The number of hydrogen-bond donors (Lipinski definition) is 12. The van der Waals surface area contributed by atoms with Crippen molar-refractivity contribution in [2.45, 2.75) is 221 Å². The minimum absolute atomic E-state index is 0.0505. The normalized spacial score (nSPS) is 17.1. The quantitative estimate of drug-likeness (QED) is 0.0424. The second-order valence-electron chi connectivity index (χ2n) is 23.1. The van der Waals surface area contributed by atoms with Crippen molar-refractivity contribution in [3.63, 3.8) is 0 Å². The summed E-state index contributed by atoms with van der Waals surface area (Å²) in [6, 6.07) is -7.49. The van der Waals surface area contributed by atoms with Gasteiger partial charge in [-0.05, 0) is 111 Å². The zero-order valence-electron chi connectivity index (χ0n) is 48.1. The summed E-state index contributed by atoms with van der Waals surface area (Å²) in [4.78, 5) is 149. The molecule has 24 nitrogen and oxygen atoms in total. The molecule has 11 amide bonds. The van der Waals surface area contributed by atoms with Crippen LogP contribution in [0.4, 0.5) is 0 Å². The third kappa shape index (κ3) is 22.0. The summed E-state index contributed by atoms with van der Waals surface area (Å²) in [7, 11) is 0. The van der Waals surface area contributed by atoms with Crippen molar-refractivity contribution in [2.75, 3.05) is 19.7 Å². The van der Waals surface area contributed by atoms with Gasteiger partial charge in [-0.2, -0.15) is 0 Å². The van der Waals surface area contributed by atoms with E-state index >= 15 is 0 Å². The second-order valence-corrected chi connectivity index (χ2v) is 23.1. The molecule has 0 bridgehead atoms. The molecule has 1 saturated heterocycles. The Morgan fingerprint density at radius 3 is 1.55 bits per heavy atom. The average Bonchev–Trinajstić information content (AvgIpc) is 3.79. The van der Waals surface area contributed by atoms with Crippen molar-refractivity contribution in [1.82, 2.24) is 58.1 Å². The third-order valence-corrected chi connectivity index (χ3v) is 12.9. The lowest BCUT2D eigenvalue weighted by atomic mass is 9.95. The predicted molar refractivity (Wildman–Crippen MR) is 284 cm³/mol. The van der Waals surface area contributed by atoms with Gasteiger partial charge in [0, 0.05) is 13.5 Å². The number of rotatable bonds is 30. The standard InChI is InChI=1S/C52H93N11O13/c1-18-30(8)39(59-41(68)31(9)54-48(75)51(14,15)61-42(69)35(23-28(4)5)55-33(11)66)46(73)62-52(16,17)49(76)63-21-19-20-37(63)44(71)57-36(24-29(6)7)43(70)60-50(12,13)47(74)53-25-38(67)58-40(32(10)65)45(72)56-34(26-64)22-27(2)3/h27-32,34-37,39-40,64-65H,18-26H2,1-17H3,(H,53,74)(H,54,75)(H,55,66)(H,56,72)(H,57,71)(H,58,67)(H,59,68)(H,60,70)(H,61,69)(H,62,73)/t30-,31-,32+,34-,35-,36-,37-,39-,40-/m0/s1. The molecule has 0 radical (unpaired) electrons. The highest BCUT2D eigenvalue weighted by Gasteiger charge is 2.44. The van der Waals surface area contributed by atoms with Crippen molar-refractivity contribution in [3.05, 3.63) is 0 Å². The number of nitrogens with zero attached hydrogens (tertiary/aromatic N) is 1. The highest BCUT2D eigenvalue weighted by atomic mass is 16.3. The van der Waals surface area contributed by atoms with Crippen LogP contribution in [0.2, 0.25) is 0 Å². The molecule has 1 fully saturated rings. The fourth-order valence-corrected chi connectivity index (χ4v) is 8.38. The van der Waals surface area contributed by atoms with Crippen LogP contribution in [0.15, 0.2) is 0 Å². The molecule has 1 heterocycles. The Morgan fingerprint density at radius 1 is 0.579 bits per heavy atom. The van der Waals surface area contributed by atoms with Crippen LogP contribution in [0.5, 0.6) is 0 Å². The number of aliphatic hydroxyl groups is 2. The van der Waals surface area contributed by atoms with E-state index < -0.39 is 142 Å². The summed E-state index contributed by atoms with van der Waals surface area (Å²) in [5.74, 6) is -7.84. The monoisotopic (exact) mass is 1080 g/mol. The molecular formula is C52H93N11O13. The van der Waals surface area contributed by atoms with Gasteiger partial charge in [0.25, 0.3) is 0 Å². The maximum Gasteiger partial charge on any atom is 0.248 e. The maximum atomic E-state index is 14.3. The van der Waals surface area contributed by atoms with Crippen molar-refractivity contribution < 1.29 is 63.0 Å². The number of nitrogens with one attached hydrogen (secondary N) is 10. The fraction of sp³-hybridized carbons (Fsp3) is 0.788. The molecule has 1 aliphatic heterocycles. The average molecular weight is 1080 g/mol. The van der Waals surface area contributed by atoms with Crippen LogP contribution in [0, 0.1) is 23.7 Å². The molecule has 0 aromatic carbocycles. The van der Waals surface area contributed by atoms with Crippen LogP contribution in [-0.4, -0.2) is 165 Å². The minimum Gasteiger partial charge on any atom is -0.394 e. The Kier molecular flexibility index (Phi) is 27.0. The SMILES string of the molecule is CC[C@H](C)[C@H](NC(=O)[C@H](C)NC(=O)C(C)(C)NC(=O)[C@H](CC(C)C)NC(C)=O)C(=O)NC(C)(C)C(=O)N1CCC[C@H]1C(=O)N[C@@H](CC(C)C)C(=O)NC(C)(C)C(=O)NCC(=O)N[C@H](C(=O)N[C@H](CO)CC(C)C)[C@@H](C)O. The Hall–Kier alpha value is -5.91. The molecule has 1 rings (SSSR count). The van der Waals surface area contributed by atoms with Crippen molar-refractivity contribution in [2.24, 2.45) is 23.7 Å². The molecule has 0 aromatic heterocycles. The molecule has 24 heteroatoms. The Labute approximate surface area is 449 Å². The first-order valence-corrected chi connectivity index (χ1v) is 26.5. The summed E-state index contributed by atoms with van der Waals surface area (Å²) in [6.45, 7) is 26.5. The Bertz CT molecular complexity index is 2060. The topological polar surface area (TPSA) is 352 Å². The zero-order valence-corrected chi connectivity index (χ0v) is 48.1. The summed E-state index contributed by atoms with van der Waals surface area (Å²) >= 11 is 0. The van der Waals surface area contributed by atoms with E-state index in [1.807, 2.05) is 41.5 Å². The van der Waals surface area contributed by atoms with Gasteiger partial charge >= 0.3 is 0 Å². The van der Waals surface area contributed by atoms with Gasteiger partial charge in [0.15, 0.2) is 0 Å². The molecule has 434 valence electrons. The number of hydrogen-bond acceptors (Lipinski definition) is 13. The Balaban J connectivity index is 3.11. The number of amides is 11. The van der Waals surface area contributed by atoms with E-state index in [1.165, 1.54) is 67.2 Å². The first kappa shape index (κ1) is 68.1. The van der Waals surface area contributed by atoms with Crippen LogP contribution in [0.3, 0.4) is 0 Å². The summed E-state index contributed by atoms with van der Waals surface area (Å²) in [5.41, 5.74) is -4.77. The minimum atomic E-state index is -1.64. The van der Waals surface area contributed by atoms with Gasteiger partial charge in [0.05, 0.1) is 25.3 Å². The van der Waals surface area contributed by atoms with E-state index in [1.54, 1.807) is 13.8 Å². The van der Waals surface area contributed by atoms with Gasteiger partial charge in [-0.15, -0.1) is 0 Å². The summed E-state index contributed by atoms with van der Waals surface area (Å²) in [6.07, 6.45) is 0.658. The smallest absolute Gasteiger partial charge is 0.248 e.